The maximum absolute atomic E-state index is 11.6. The highest BCUT2D eigenvalue weighted by Crippen LogP contribution is 2.11. The number of nitrogens with two attached hydrogens (primary N) is 1. The maximum Gasteiger partial charge on any atom is 0.372 e. The Morgan fingerprint density at radius 1 is 1.09 bits per heavy atom. The molecule has 0 radical (unpaired) electrons. The minimum Gasteiger partial charge on any atom is -0.482 e. The highest BCUT2D eigenvalue weighted by atomic mass is 16.7. The van der Waals surface area contributed by atoms with Crippen LogP contribution in [0.5, 0.6) is 5.75 Å². The zero-order chi connectivity index (χ0) is 15.9. The molecular formula is C17H18N2O3. The largest absolute Gasteiger partial charge is 0.482 e. The smallest absolute Gasteiger partial charge is 0.372 e. The lowest BCUT2D eigenvalue weighted by atomic mass is 10.1. The number of rotatable bonds is 5. The van der Waals surface area contributed by atoms with Crippen molar-refractivity contribution in [3.05, 3.63) is 65.2 Å². The normalized spacial score (nSPS) is 11.1. The van der Waals surface area contributed by atoms with Crippen molar-refractivity contribution in [2.75, 3.05) is 6.61 Å². The molecule has 0 amide bonds. The molecule has 0 saturated heterocycles. The first-order valence-corrected chi connectivity index (χ1v) is 6.84. The van der Waals surface area contributed by atoms with E-state index in [0.717, 1.165) is 11.1 Å². The van der Waals surface area contributed by atoms with Crippen LogP contribution in [0.1, 0.15) is 16.7 Å². The van der Waals surface area contributed by atoms with Gasteiger partial charge in [0.1, 0.15) is 5.75 Å². The highest BCUT2D eigenvalue weighted by Gasteiger charge is 2.06. The number of hydrogen-bond acceptors (Lipinski definition) is 4. The van der Waals surface area contributed by atoms with E-state index in [2.05, 4.69) is 5.16 Å². The van der Waals surface area contributed by atoms with Gasteiger partial charge >= 0.3 is 5.97 Å². The van der Waals surface area contributed by atoms with Gasteiger partial charge in [0, 0.05) is 5.56 Å². The molecule has 0 aromatic heterocycles. The molecule has 0 bridgehead atoms. The topological polar surface area (TPSA) is 73.9 Å². The number of ether oxygens (including phenoxy) is 1. The van der Waals surface area contributed by atoms with Crippen molar-refractivity contribution in [1.29, 1.82) is 0 Å². The van der Waals surface area contributed by atoms with E-state index < -0.39 is 5.97 Å². The van der Waals surface area contributed by atoms with Gasteiger partial charge in [-0.15, -0.1) is 0 Å². The molecule has 0 aliphatic heterocycles. The minimum atomic E-state index is -0.615. The molecular weight excluding hydrogens is 280 g/mol. The second-order valence-electron chi connectivity index (χ2n) is 4.91. The summed E-state index contributed by atoms with van der Waals surface area (Å²) in [6.45, 7) is 3.69. The first-order chi connectivity index (χ1) is 10.5. The number of nitrogens with zero attached hydrogens (tertiary/aromatic N) is 1. The summed E-state index contributed by atoms with van der Waals surface area (Å²) < 4.78 is 5.30. The molecule has 22 heavy (non-hydrogen) atoms. The maximum atomic E-state index is 11.6. The Morgan fingerprint density at radius 3 is 2.50 bits per heavy atom. The summed E-state index contributed by atoms with van der Waals surface area (Å²) in [6.07, 6.45) is 0. The van der Waals surface area contributed by atoms with E-state index >= 15 is 0 Å². The van der Waals surface area contributed by atoms with E-state index in [1.165, 1.54) is 0 Å². The first kappa shape index (κ1) is 15.6. The van der Waals surface area contributed by atoms with Crippen LogP contribution in [-0.4, -0.2) is 18.4 Å². The van der Waals surface area contributed by atoms with Crippen molar-refractivity contribution < 1.29 is 14.4 Å². The molecule has 0 saturated carbocycles. The minimum absolute atomic E-state index is 0.146. The molecule has 5 nitrogen and oxygen atoms in total. The van der Waals surface area contributed by atoms with Crippen molar-refractivity contribution in [1.82, 2.24) is 0 Å². The Morgan fingerprint density at radius 2 is 1.82 bits per heavy atom. The molecule has 2 aromatic carbocycles. The zero-order valence-corrected chi connectivity index (χ0v) is 12.6. The van der Waals surface area contributed by atoms with Crippen LogP contribution in [0.15, 0.2) is 53.7 Å². The van der Waals surface area contributed by atoms with Gasteiger partial charge in [0.2, 0.25) is 0 Å². The summed E-state index contributed by atoms with van der Waals surface area (Å²) in [7, 11) is 0. The van der Waals surface area contributed by atoms with Crippen molar-refractivity contribution in [3.63, 3.8) is 0 Å². The van der Waals surface area contributed by atoms with Crippen molar-refractivity contribution in [3.8, 4) is 5.75 Å². The van der Waals surface area contributed by atoms with E-state index in [-0.39, 0.29) is 12.4 Å². The Labute approximate surface area is 129 Å². The number of amidine groups is 1. The lowest BCUT2D eigenvalue weighted by molar-refractivity contribution is -0.146. The standard InChI is InChI=1S/C17H18N2O3/c1-12-6-8-15(9-7-12)21-11-16(20)22-19-17(18)14-5-3-4-13(2)10-14/h3-10H,11H2,1-2H3,(H2,18,19). The lowest BCUT2D eigenvalue weighted by Gasteiger charge is -2.05. The average molecular weight is 298 g/mol. The predicted octanol–water partition coefficient (Wildman–Crippen LogP) is 2.55. The zero-order valence-electron chi connectivity index (χ0n) is 12.6. The van der Waals surface area contributed by atoms with Gasteiger partial charge in [-0.05, 0) is 32.0 Å². The third-order valence-corrected chi connectivity index (χ3v) is 2.94. The number of carbonyl (C=O) groups is 1. The number of aryl methyl sites for hydroxylation is 2. The second kappa shape index (κ2) is 7.26. The molecule has 114 valence electrons. The van der Waals surface area contributed by atoms with Crippen LogP contribution in [0.2, 0.25) is 0 Å². The number of carbonyl (C=O) groups excluding carboxylic acids is 1. The van der Waals surface area contributed by atoms with Crippen molar-refractivity contribution in [2.24, 2.45) is 10.9 Å². The van der Waals surface area contributed by atoms with E-state index in [4.69, 9.17) is 15.3 Å². The second-order valence-corrected chi connectivity index (χ2v) is 4.91. The van der Waals surface area contributed by atoms with Crippen LogP contribution in [0.3, 0.4) is 0 Å². The summed E-state index contributed by atoms with van der Waals surface area (Å²) in [4.78, 5) is 16.3. The highest BCUT2D eigenvalue weighted by molar-refractivity contribution is 5.97. The van der Waals surface area contributed by atoms with E-state index in [9.17, 15) is 4.79 Å². The fourth-order valence-electron chi connectivity index (χ4n) is 1.76. The summed E-state index contributed by atoms with van der Waals surface area (Å²) in [5, 5.41) is 3.63. The monoisotopic (exact) mass is 298 g/mol. The van der Waals surface area contributed by atoms with Crippen molar-refractivity contribution in [2.45, 2.75) is 13.8 Å². The van der Waals surface area contributed by atoms with Crippen LogP contribution in [0, 0.1) is 13.8 Å². The van der Waals surface area contributed by atoms with Gasteiger partial charge in [-0.2, -0.15) is 0 Å². The van der Waals surface area contributed by atoms with Gasteiger partial charge in [0.15, 0.2) is 12.4 Å². The SMILES string of the molecule is Cc1ccc(OCC(=O)O/N=C(/N)c2cccc(C)c2)cc1. The van der Waals surface area contributed by atoms with Crippen LogP contribution >= 0.6 is 0 Å². The van der Waals surface area contributed by atoms with Gasteiger partial charge < -0.3 is 15.3 Å². The van der Waals surface area contributed by atoms with Gasteiger partial charge in [0.25, 0.3) is 0 Å². The third kappa shape index (κ3) is 4.63. The molecule has 0 atom stereocenters. The number of oxime groups is 1. The van der Waals surface area contributed by atoms with E-state index in [1.54, 1.807) is 18.2 Å². The molecule has 0 unspecified atom stereocenters. The predicted molar refractivity (Wildman–Crippen MR) is 84.7 cm³/mol. The van der Waals surface area contributed by atoms with Gasteiger partial charge in [-0.3, -0.25) is 0 Å². The molecule has 0 spiro atoms. The summed E-state index contributed by atoms with van der Waals surface area (Å²) in [6, 6.07) is 14.8. The van der Waals surface area contributed by atoms with Crippen LogP contribution in [0.4, 0.5) is 0 Å². The molecule has 2 rings (SSSR count). The molecule has 2 N–H and O–H groups in total. The van der Waals surface area contributed by atoms with Crippen LogP contribution < -0.4 is 10.5 Å². The fraction of sp³-hybridized carbons (Fsp3) is 0.176. The molecule has 0 fully saturated rings. The van der Waals surface area contributed by atoms with E-state index in [1.807, 2.05) is 44.2 Å². The molecule has 5 heteroatoms. The lowest BCUT2D eigenvalue weighted by Crippen LogP contribution is -2.18. The van der Waals surface area contributed by atoms with Gasteiger partial charge in [-0.25, -0.2) is 4.79 Å². The quantitative estimate of drug-likeness (QED) is 0.398. The van der Waals surface area contributed by atoms with E-state index in [0.29, 0.717) is 11.3 Å². The van der Waals surface area contributed by atoms with Crippen LogP contribution in [0.25, 0.3) is 0 Å². The molecule has 0 heterocycles. The van der Waals surface area contributed by atoms with Crippen molar-refractivity contribution >= 4 is 11.8 Å². The molecule has 0 aliphatic carbocycles. The van der Waals surface area contributed by atoms with Gasteiger partial charge in [0.05, 0.1) is 0 Å². The average Bonchev–Trinajstić information content (AvgIpc) is 2.52. The Kier molecular flexibility index (Phi) is 5.14. The first-order valence-electron chi connectivity index (χ1n) is 6.84. The number of hydrogen-bond donors (Lipinski definition) is 1. The molecule has 0 aliphatic rings. The Balaban J connectivity index is 1.86. The fourth-order valence-corrected chi connectivity index (χ4v) is 1.76. The Bertz CT molecular complexity index is 679. The number of benzene rings is 2. The summed E-state index contributed by atoms with van der Waals surface area (Å²) in [5.74, 6) is 0.127. The third-order valence-electron chi connectivity index (χ3n) is 2.94. The summed E-state index contributed by atoms with van der Waals surface area (Å²) >= 11 is 0. The van der Waals surface area contributed by atoms with Crippen LogP contribution in [-0.2, 0) is 9.63 Å². The molecule has 2 aromatic rings. The van der Waals surface area contributed by atoms with Gasteiger partial charge in [-0.1, -0.05) is 46.6 Å². The summed E-state index contributed by atoms with van der Waals surface area (Å²) in [5.41, 5.74) is 8.63. The Hall–Kier alpha value is -2.82.